The highest BCUT2D eigenvalue weighted by molar-refractivity contribution is 5.94. The van der Waals surface area contributed by atoms with E-state index >= 15 is 0 Å². The molecular weight excluding hydrogens is 348 g/mol. The minimum atomic E-state index is -0.535. The lowest BCUT2D eigenvalue weighted by Gasteiger charge is -2.22. The molecule has 0 aliphatic rings. The summed E-state index contributed by atoms with van der Waals surface area (Å²) >= 11 is 0. The number of nitrogens with zero attached hydrogens (tertiary/aromatic N) is 3. The molecule has 4 nitrogen and oxygen atoms in total. The Morgan fingerprint density at radius 3 is 2.59 bits per heavy atom. The van der Waals surface area contributed by atoms with Gasteiger partial charge in [0.15, 0.2) is 0 Å². The van der Waals surface area contributed by atoms with E-state index in [1.165, 1.54) is 24.3 Å². The van der Waals surface area contributed by atoms with Crippen molar-refractivity contribution in [2.24, 2.45) is 0 Å². The van der Waals surface area contributed by atoms with Crippen LogP contribution in [0.2, 0.25) is 0 Å². The van der Waals surface area contributed by atoms with E-state index in [4.69, 9.17) is 0 Å². The molecule has 6 heteroatoms. The fraction of sp³-hybridized carbons (Fsp3) is 0.333. The van der Waals surface area contributed by atoms with Crippen LogP contribution in [0, 0.1) is 11.6 Å². The smallest absolute Gasteiger partial charge is 0.257 e. The second-order valence-electron chi connectivity index (χ2n) is 6.52. The molecule has 142 valence electrons. The second-order valence-corrected chi connectivity index (χ2v) is 6.52. The first-order valence-electron chi connectivity index (χ1n) is 9.23. The number of benzene rings is 2. The summed E-state index contributed by atoms with van der Waals surface area (Å²) in [6.45, 7) is 5.46. The van der Waals surface area contributed by atoms with E-state index in [9.17, 15) is 13.6 Å². The zero-order valence-electron chi connectivity index (χ0n) is 15.6. The number of amides is 1. The van der Waals surface area contributed by atoms with Crippen LogP contribution >= 0.6 is 0 Å². The van der Waals surface area contributed by atoms with Gasteiger partial charge in [-0.05, 0) is 37.1 Å². The predicted octanol–water partition coefficient (Wildman–Crippen LogP) is 4.78. The first-order valence-corrected chi connectivity index (χ1v) is 9.23. The molecule has 27 heavy (non-hydrogen) atoms. The molecule has 0 spiro atoms. The summed E-state index contributed by atoms with van der Waals surface area (Å²) in [4.78, 5) is 19.0. The van der Waals surface area contributed by atoms with Crippen LogP contribution < -0.4 is 0 Å². The summed E-state index contributed by atoms with van der Waals surface area (Å²) in [5.41, 5.74) is 1.45. The van der Waals surface area contributed by atoms with Crippen LogP contribution in [0.25, 0.3) is 11.0 Å². The van der Waals surface area contributed by atoms with Gasteiger partial charge >= 0.3 is 0 Å². The summed E-state index contributed by atoms with van der Waals surface area (Å²) in [7, 11) is 0. The highest BCUT2D eigenvalue weighted by atomic mass is 19.1. The topological polar surface area (TPSA) is 38.1 Å². The van der Waals surface area contributed by atoms with Gasteiger partial charge in [-0.1, -0.05) is 26.0 Å². The third-order valence-electron chi connectivity index (χ3n) is 4.45. The highest BCUT2D eigenvalue weighted by Crippen LogP contribution is 2.21. The Kier molecular flexibility index (Phi) is 5.84. The van der Waals surface area contributed by atoms with E-state index < -0.39 is 5.82 Å². The molecule has 1 amide bonds. The molecular formula is C21H23F2N3O. The van der Waals surface area contributed by atoms with Crippen LogP contribution in [0.5, 0.6) is 0 Å². The maximum atomic E-state index is 14.1. The average molecular weight is 371 g/mol. The average Bonchev–Trinajstić information content (AvgIpc) is 2.98. The molecule has 0 saturated heterocycles. The van der Waals surface area contributed by atoms with Crippen molar-refractivity contribution in [1.82, 2.24) is 14.5 Å². The van der Waals surface area contributed by atoms with Gasteiger partial charge < -0.3 is 9.47 Å². The number of aryl methyl sites for hydroxylation is 1. The summed E-state index contributed by atoms with van der Waals surface area (Å²) in [5, 5.41) is 0. The van der Waals surface area contributed by atoms with Gasteiger partial charge in [-0.15, -0.1) is 0 Å². The SMILES string of the molecule is CCCN(Cc1nc2cc(F)ccc2n1CCC)C(=O)c1ccccc1F. The predicted molar refractivity (Wildman–Crippen MR) is 101 cm³/mol. The molecule has 1 heterocycles. The van der Waals surface area contributed by atoms with Gasteiger partial charge in [0, 0.05) is 19.2 Å². The summed E-state index contributed by atoms with van der Waals surface area (Å²) in [5.74, 6) is -0.567. The van der Waals surface area contributed by atoms with Crippen LogP contribution in [0.15, 0.2) is 42.5 Å². The van der Waals surface area contributed by atoms with Gasteiger partial charge in [0.05, 0.1) is 23.1 Å². The lowest BCUT2D eigenvalue weighted by molar-refractivity contribution is 0.0732. The second kappa shape index (κ2) is 8.29. The number of imidazole rings is 1. The largest absolute Gasteiger partial charge is 0.331 e. The Bertz CT molecular complexity index is 952. The minimum absolute atomic E-state index is 0.0511. The Hall–Kier alpha value is -2.76. The molecule has 0 saturated carbocycles. The third-order valence-corrected chi connectivity index (χ3v) is 4.45. The number of fused-ring (bicyclic) bond motifs is 1. The van der Waals surface area contributed by atoms with Gasteiger partial charge in [0.25, 0.3) is 5.91 Å². The normalized spacial score (nSPS) is 11.1. The molecule has 2 aromatic carbocycles. The number of hydrogen-bond acceptors (Lipinski definition) is 2. The molecule has 0 N–H and O–H groups in total. The summed E-state index contributed by atoms with van der Waals surface area (Å²) in [6.07, 6.45) is 1.62. The molecule has 3 aromatic rings. The van der Waals surface area contributed by atoms with Crippen LogP contribution in [0.3, 0.4) is 0 Å². The molecule has 1 aromatic heterocycles. The van der Waals surface area contributed by atoms with E-state index in [-0.39, 0.29) is 23.8 Å². The Balaban J connectivity index is 1.98. The van der Waals surface area contributed by atoms with Crippen molar-refractivity contribution in [3.63, 3.8) is 0 Å². The molecule has 0 unspecified atom stereocenters. The molecule has 0 aliphatic carbocycles. The Morgan fingerprint density at radius 1 is 1.11 bits per heavy atom. The van der Waals surface area contributed by atoms with E-state index in [0.29, 0.717) is 24.4 Å². The monoisotopic (exact) mass is 371 g/mol. The number of carbonyl (C=O) groups excluding carboxylic acids is 1. The fourth-order valence-electron chi connectivity index (χ4n) is 3.24. The molecule has 0 aliphatic heterocycles. The minimum Gasteiger partial charge on any atom is -0.331 e. The van der Waals surface area contributed by atoms with Gasteiger partial charge in [0.2, 0.25) is 0 Å². The van der Waals surface area contributed by atoms with Crippen molar-refractivity contribution < 1.29 is 13.6 Å². The fourth-order valence-corrected chi connectivity index (χ4v) is 3.24. The van der Waals surface area contributed by atoms with Gasteiger partial charge in [-0.2, -0.15) is 0 Å². The van der Waals surface area contributed by atoms with Crippen LogP contribution in [0.4, 0.5) is 8.78 Å². The van der Waals surface area contributed by atoms with Crippen LogP contribution in [0.1, 0.15) is 42.9 Å². The van der Waals surface area contributed by atoms with Crippen molar-refractivity contribution in [2.45, 2.75) is 39.8 Å². The maximum absolute atomic E-state index is 14.1. The van der Waals surface area contributed by atoms with Crippen molar-refractivity contribution in [1.29, 1.82) is 0 Å². The molecule has 0 atom stereocenters. The first-order chi connectivity index (χ1) is 13.0. The molecule has 3 rings (SSSR count). The zero-order valence-corrected chi connectivity index (χ0v) is 15.6. The molecule has 0 fully saturated rings. The van der Waals surface area contributed by atoms with Crippen molar-refractivity contribution in [2.75, 3.05) is 6.54 Å². The van der Waals surface area contributed by atoms with E-state index in [2.05, 4.69) is 4.98 Å². The maximum Gasteiger partial charge on any atom is 0.257 e. The number of halogens is 2. The van der Waals surface area contributed by atoms with E-state index in [1.54, 1.807) is 23.1 Å². The van der Waals surface area contributed by atoms with Crippen LogP contribution in [-0.2, 0) is 13.1 Å². The Morgan fingerprint density at radius 2 is 1.89 bits per heavy atom. The molecule has 0 bridgehead atoms. The summed E-state index contributed by atoms with van der Waals surface area (Å²) < 4.78 is 29.7. The van der Waals surface area contributed by atoms with Gasteiger partial charge in [-0.3, -0.25) is 4.79 Å². The first kappa shape index (κ1) is 19.0. The van der Waals surface area contributed by atoms with Crippen LogP contribution in [-0.4, -0.2) is 26.9 Å². The highest BCUT2D eigenvalue weighted by Gasteiger charge is 2.21. The van der Waals surface area contributed by atoms with Gasteiger partial charge in [-0.25, -0.2) is 13.8 Å². The quantitative estimate of drug-likeness (QED) is 0.600. The lowest BCUT2D eigenvalue weighted by Crippen LogP contribution is -2.33. The number of hydrogen-bond donors (Lipinski definition) is 0. The molecule has 0 radical (unpaired) electrons. The lowest BCUT2D eigenvalue weighted by atomic mass is 10.2. The third kappa shape index (κ3) is 3.99. The number of rotatable bonds is 7. The van der Waals surface area contributed by atoms with Gasteiger partial charge in [0.1, 0.15) is 17.5 Å². The Labute approximate surface area is 157 Å². The summed E-state index contributed by atoms with van der Waals surface area (Å²) in [6, 6.07) is 10.5. The van der Waals surface area contributed by atoms with Crippen molar-refractivity contribution in [3.8, 4) is 0 Å². The van der Waals surface area contributed by atoms with E-state index in [0.717, 1.165) is 18.4 Å². The number of aromatic nitrogens is 2. The number of carbonyl (C=O) groups is 1. The van der Waals surface area contributed by atoms with Crippen molar-refractivity contribution in [3.05, 3.63) is 65.5 Å². The zero-order chi connectivity index (χ0) is 19.4. The standard InChI is InChI=1S/C21H23F2N3O/c1-3-11-25(21(27)16-7-5-6-8-17(16)23)14-20-24-18-13-15(22)9-10-19(18)26(20)12-4-2/h5-10,13H,3-4,11-12,14H2,1-2H3. The van der Waals surface area contributed by atoms with Crippen molar-refractivity contribution >= 4 is 16.9 Å². The van der Waals surface area contributed by atoms with E-state index in [1.807, 2.05) is 18.4 Å².